The van der Waals surface area contributed by atoms with Gasteiger partial charge in [0.1, 0.15) is 5.82 Å². The summed E-state index contributed by atoms with van der Waals surface area (Å²) in [5.74, 6) is -0.998. The fraction of sp³-hybridized carbons (Fsp3) is 0.286. The molecule has 0 fully saturated rings. The SMILES string of the molecule is NCc1cc(C(F)F)c(F)cn1. The lowest BCUT2D eigenvalue weighted by molar-refractivity contribution is 0.146. The summed E-state index contributed by atoms with van der Waals surface area (Å²) in [6, 6.07) is 0.972. The summed E-state index contributed by atoms with van der Waals surface area (Å²) >= 11 is 0. The second-order valence-electron chi connectivity index (χ2n) is 2.20. The van der Waals surface area contributed by atoms with Gasteiger partial charge in [-0.15, -0.1) is 0 Å². The van der Waals surface area contributed by atoms with E-state index in [1.165, 1.54) is 0 Å². The summed E-state index contributed by atoms with van der Waals surface area (Å²) in [7, 11) is 0. The van der Waals surface area contributed by atoms with Gasteiger partial charge in [-0.05, 0) is 6.07 Å². The minimum Gasteiger partial charge on any atom is -0.325 e. The smallest absolute Gasteiger partial charge is 0.266 e. The molecule has 5 heteroatoms. The molecule has 1 rings (SSSR count). The van der Waals surface area contributed by atoms with E-state index in [-0.39, 0.29) is 12.2 Å². The molecule has 66 valence electrons. The second-order valence-corrected chi connectivity index (χ2v) is 2.20. The van der Waals surface area contributed by atoms with Gasteiger partial charge in [0, 0.05) is 6.54 Å². The van der Waals surface area contributed by atoms with Crippen LogP contribution in [0.1, 0.15) is 17.7 Å². The Morgan fingerprint density at radius 2 is 2.17 bits per heavy atom. The van der Waals surface area contributed by atoms with Crippen molar-refractivity contribution < 1.29 is 13.2 Å². The maximum Gasteiger partial charge on any atom is 0.266 e. The van der Waals surface area contributed by atoms with Crippen LogP contribution in [0, 0.1) is 5.82 Å². The third-order valence-electron chi connectivity index (χ3n) is 1.39. The quantitative estimate of drug-likeness (QED) is 0.743. The standard InChI is InChI=1S/C7H7F3N2/c8-6-3-12-4(2-11)1-5(6)7(9)10/h1,3,7H,2,11H2. The highest BCUT2D eigenvalue weighted by Crippen LogP contribution is 2.21. The predicted octanol–water partition coefficient (Wildman–Crippen LogP) is 1.62. The van der Waals surface area contributed by atoms with Crippen molar-refractivity contribution in [3.63, 3.8) is 0 Å². The molecule has 1 aromatic heterocycles. The molecule has 12 heavy (non-hydrogen) atoms. The Bertz CT molecular complexity index is 275. The Kier molecular flexibility index (Phi) is 2.65. The van der Waals surface area contributed by atoms with Gasteiger partial charge in [-0.3, -0.25) is 4.98 Å². The number of hydrogen-bond acceptors (Lipinski definition) is 2. The van der Waals surface area contributed by atoms with Crippen LogP contribution in [0.25, 0.3) is 0 Å². The number of hydrogen-bond donors (Lipinski definition) is 1. The summed E-state index contributed by atoms with van der Waals surface area (Å²) in [5.41, 5.74) is 4.75. The third kappa shape index (κ3) is 1.73. The largest absolute Gasteiger partial charge is 0.325 e. The molecule has 2 nitrogen and oxygen atoms in total. The minimum atomic E-state index is -2.82. The van der Waals surface area contributed by atoms with Crippen LogP contribution in [-0.4, -0.2) is 4.98 Å². The van der Waals surface area contributed by atoms with Gasteiger partial charge < -0.3 is 5.73 Å². The molecule has 0 spiro atoms. The first-order valence-corrected chi connectivity index (χ1v) is 3.27. The molecular formula is C7H7F3N2. The van der Waals surface area contributed by atoms with Gasteiger partial charge >= 0.3 is 0 Å². The van der Waals surface area contributed by atoms with E-state index < -0.39 is 17.8 Å². The van der Waals surface area contributed by atoms with Gasteiger partial charge in [0.15, 0.2) is 0 Å². The number of aromatic nitrogens is 1. The van der Waals surface area contributed by atoms with Gasteiger partial charge in [0.25, 0.3) is 6.43 Å². The van der Waals surface area contributed by atoms with Gasteiger partial charge in [-0.25, -0.2) is 13.2 Å². The molecule has 1 heterocycles. The number of halogens is 3. The molecule has 0 radical (unpaired) electrons. The van der Waals surface area contributed by atoms with E-state index in [1.807, 2.05) is 0 Å². The molecule has 0 unspecified atom stereocenters. The minimum absolute atomic E-state index is 0.0278. The van der Waals surface area contributed by atoms with Crippen molar-refractivity contribution in [1.82, 2.24) is 4.98 Å². The van der Waals surface area contributed by atoms with Gasteiger partial charge in [0.05, 0.1) is 17.5 Å². The van der Waals surface area contributed by atoms with E-state index >= 15 is 0 Å². The monoisotopic (exact) mass is 176 g/mol. The molecule has 0 amide bonds. The fourth-order valence-corrected chi connectivity index (χ4v) is 0.779. The normalized spacial score (nSPS) is 10.8. The molecule has 0 aliphatic rings. The summed E-state index contributed by atoms with van der Waals surface area (Å²) in [5, 5.41) is 0. The topological polar surface area (TPSA) is 38.9 Å². The van der Waals surface area contributed by atoms with E-state index in [4.69, 9.17) is 5.73 Å². The number of rotatable bonds is 2. The van der Waals surface area contributed by atoms with Crippen LogP contribution in [-0.2, 0) is 6.54 Å². The number of nitrogens with two attached hydrogens (primary N) is 1. The molecule has 1 aromatic rings. The van der Waals surface area contributed by atoms with Crippen molar-refractivity contribution in [2.45, 2.75) is 13.0 Å². The Labute approximate surface area is 67.2 Å². The molecule has 0 aromatic carbocycles. The zero-order valence-corrected chi connectivity index (χ0v) is 6.10. The van der Waals surface area contributed by atoms with Crippen LogP contribution in [0.5, 0.6) is 0 Å². The predicted molar refractivity (Wildman–Crippen MR) is 37.0 cm³/mol. The lowest BCUT2D eigenvalue weighted by atomic mass is 10.2. The van der Waals surface area contributed by atoms with Crippen molar-refractivity contribution in [1.29, 1.82) is 0 Å². The van der Waals surface area contributed by atoms with E-state index in [1.54, 1.807) is 0 Å². The van der Waals surface area contributed by atoms with Crippen LogP contribution in [0.2, 0.25) is 0 Å². The maximum absolute atomic E-state index is 12.6. The summed E-state index contributed by atoms with van der Waals surface area (Å²) in [6.07, 6.45) is -2.07. The average Bonchev–Trinajstić information content (AvgIpc) is 2.05. The molecule has 0 atom stereocenters. The zero-order valence-electron chi connectivity index (χ0n) is 6.10. The highest BCUT2D eigenvalue weighted by atomic mass is 19.3. The van der Waals surface area contributed by atoms with Crippen molar-refractivity contribution in [3.05, 3.63) is 29.3 Å². The first-order chi connectivity index (χ1) is 5.65. The molecule has 0 saturated carbocycles. The first kappa shape index (κ1) is 8.99. The first-order valence-electron chi connectivity index (χ1n) is 3.27. The summed E-state index contributed by atoms with van der Waals surface area (Å²) in [4.78, 5) is 3.51. The molecule has 2 N–H and O–H groups in total. The summed E-state index contributed by atoms with van der Waals surface area (Å²) in [6.45, 7) is 0.0278. The lowest BCUT2D eigenvalue weighted by Gasteiger charge is -2.02. The second kappa shape index (κ2) is 3.53. The van der Waals surface area contributed by atoms with Crippen LogP contribution >= 0.6 is 0 Å². The molecule has 0 bridgehead atoms. The maximum atomic E-state index is 12.6. The molecule has 0 aliphatic carbocycles. The van der Waals surface area contributed by atoms with E-state index in [2.05, 4.69) is 4.98 Å². The molecule has 0 aliphatic heterocycles. The highest BCUT2D eigenvalue weighted by molar-refractivity contribution is 5.19. The van der Waals surface area contributed by atoms with Crippen molar-refractivity contribution in [2.24, 2.45) is 5.73 Å². The van der Waals surface area contributed by atoms with Crippen molar-refractivity contribution >= 4 is 0 Å². The van der Waals surface area contributed by atoms with Crippen LogP contribution in [0.4, 0.5) is 13.2 Å². The molecular weight excluding hydrogens is 169 g/mol. The van der Waals surface area contributed by atoms with E-state index in [0.29, 0.717) is 0 Å². The number of pyridine rings is 1. The van der Waals surface area contributed by atoms with Crippen LogP contribution in [0.15, 0.2) is 12.3 Å². The van der Waals surface area contributed by atoms with E-state index in [0.717, 1.165) is 12.3 Å². The highest BCUT2D eigenvalue weighted by Gasteiger charge is 2.13. The van der Waals surface area contributed by atoms with Crippen molar-refractivity contribution in [3.8, 4) is 0 Å². The van der Waals surface area contributed by atoms with Crippen LogP contribution < -0.4 is 5.73 Å². The van der Waals surface area contributed by atoms with E-state index in [9.17, 15) is 13.2 Å². The molecule has 0 saturated heterocycles. The third-order valence-corrected chi connectivity index (χ3v) is 1.39. The summed E-state index contributed by atoms with van der Waals surface area (Å²) < 4.78 is 36.6. The van der Waals surface area contributed by atoms with Gasteiger partial charge in [-0.2, -0.15) is 0 Å². The Morgan fingerprint density at radius 3 is 2.67 bits per heavy atom. The van der Waals surface area contributed by atoms with Crippen LogP contribution in [0.3, 0.4) is 0 Å². The van der Waals surface area contributed by atoms with Crippen molar-refractivity contribution in [2.75, 3.05) is 0 Å². The average molecular weight is 176 g/mol. The van der Waals surface area contributed by atoms with Gasteiger partial charge in [-0.1, -0.05) is 0 Å². The number of nitrogens with zero attached hydrogens (tertiary/aromatic N) is 1. The fourth-order valence-electron chi connectivity index (χ4n) is 0.779. The Hall–Kier alpha value is -1.10. The number of alkyl halides is 2. The lowest BCUT2D eigenvalue weighted by Crippen LogP contribution is -2.02. The Morgan fingerprint density at radius 1 is 1.50 bits per heavy atom. The zero-order chi connectivity index (χ0) is 9.14. The Balaban J connectivity index is 3.08. The van der Waals surface area contributed by atoms with Gasteiger partial charge in [0.2, 0.25) is 0 Å².